The van der Waals surface area contributed by atoms with Crippen molar-refractivity contribution < 1.29 is 5.11 Å². The zero-order chi connectivity index (χ0) is 13.8. The Balaban J connectivity index is 2.13. The molecule has 1 aromatic carbocycles. The summed E-state index contributed by atoms with van der Waals surface area (Å²) in [5, 5.41) is 13.2. The molecule has 0 unspecified atom stereocenters. The number of phenolic OH excluding ortho intramolecular Hbond substituents is 1. The van der Waals surface area contributed by atoms with Gasteiger partial charge in [-0.2, -0.15) is 5.10 Å². The molecule has 0 fully saturated rings. The molecule has 6 heteroatoms. The Morgan fingerprint density at radius 1 is 1.42 bits per heavy atom. The van der Waals surface area contributed by atoms with Crippen LogP contribution in [0.1, 0.15) is 16.8 Å². The van der Waals surface area contributed by atoms with E-state index >= 15 is 0 Å². The summed E-state index contributed by atoms with van der Waals surface area (Å²) < 4.78 is 0. The molecule has 1 aromatic heterocycles. The van der Waals surface area contributed by atoms with Crippen LogP contribution in [0.2, 0.25) is 0 Å². The molecule has 0 bridgehead atoms. The maximum atomic E-state index is 11.5. The van der Waals surface area contributed by atoms with E-state index in [4.69, 9.17) is 0 Å². The number of nitrogens with one attached hydrogen (secondary N) is 2. The van der Waals surface area contributed by atoms with Crippen molar-refractivity contribution in [2.75, 3.05) is 5.43 Å². The van der Waals surface area contributed by atoms with Crippen molar-refractivity contribution in [3.05, 3.63) is 51.4 Å². The minimum Gasteiger partial charge on any atom is -0.508 e. The van der Waals surface area contributed by atoms with Crippen molar-refractivity contribution in [3.63, 3.8) is 0 Å². The van der Waals surface area contributed by atoms with Crippen molar-refractivity contribution in [2.45, 2.75) is 13.8 Å². The molecule has 0 saturated carbocycles. The van der Waals surface area contributed by atoms with Crippen LogP contribution in [0.4, 0.5) is 5.95 Å². The van der Waals surface area contributed by atoms with E-state index in [0.29, 0.717) is 11.3 Å². The average molecular weight is 258 g/mol. The first-order chi connectivity index (χ1) is 9.06. The lowest BCUT2D eigenvalue weighted by atomic mass is 10.2. The normalized spacial score (nSPS) is 10.8. The summed E-state index contributed by atoms with van der Waals surface area (Å²) >= 11 is 0. The number of hydrogen-bond donors (Lipinski definition) is 3. The fraction of sp³-hybridized carbons (Fsp3) is 0.154. The molecule has 6 nitrogen and oxygen atoms in total. The number of aromatic hydroxyl groups is 1. The van der Waals surface area contributed by atoms with E-state index in [2.05, 4.69) is 20.5 Å². The zero-order valence-corrected chi connectivity index (χ0v) is 10.6. The Hall–Kier alpha value is -2.63. The Bertz CT molecular complexity index is 677. The van der Waals surface area contributed by atoms with Crippen molar-refractivity contribution in [1.29, 1.82) is 0 Å². The summed E-state index contributed by atoms with van der Waals surface area (Å²) in [6.07, 6.45) is 1.52. The van der Waals surface area contributed by atoms with Gasteiger partial charge >= 0.3 is 0 Å². The Labute approximate surface area is 109 Å². The van der Waals surface area contributed by atoms with Crippen LogP contribution in [0.25, 0.3) is 0 Å². The molecule has 0 aliphatic rings. The van der Waals surface area contributed by atoms with Crippen LogP contribution in [-0.2, 0) is 0 Å². The SMILES string of the molecule is Cc1nc(N/N=C\c2cccc(O)c2)[nH]c(=O)c1C. The van der Waals surface area contributed by atoms with Gasteiger partial charge < -0.3 is 5.11 Å². The number of benzene rings is 1. The Morgan fingerprint density at radius 2 is 2.21 bits per heavy atom. The van der Waals surface area contributed by atoms with Gasteiger partial charge in [0.1, 0.15) is 5.75 Å². The third-order valence-electron chi connectivity index (χ3n) is 2.65. The van der Waals surface area contributed by atoms with Gasteiger partial charge in [-0.15, -0.1) is 0 Å². The largest absolute Gasteiger partial charge is 0.508 e. The number of aryl methyl sites for hydroxylation is 1. The second-order valence-corrected chi connectivity index (χ2v) is 4.09. The molecule has 0 aliphatic heterocycles. The number of H-pyrrole nitrogens is 1. The predicted octanol–water partition coefficient (Wildman–Crippen LogP) is 1.54. The van der Waals surface area contributed by atoms with Gasteiger partial charge in [0.15, 0.2) is 0 Å². The van der Waals surface area contributed by atoms with Gasteiger partial charge in [-0.25, -0.2) is 10.4 Å². The van der Waals surface area contributed by atoms with Crippen LogP contribution in [-0.4, -0.2) is 21.3 Å². The van der Waals surface area contributed by atoms with Crippen molar-refractivity contribution in [3.8, 4) is 5.75 Å². The third-order valence-corrected chi connectivity index (χ3v) is 2.65. The van der Waals surface area contributed by atoms with Crippen LogP contribution in [0.3, 0.4) is 0 Å². The highest BCUT2D eigenvalue weighted by molar-refractivity contribution is 5.80. The van der Waals surface area contributed by atoms with E-state index in [1.807, 2.05) is 0 Å². The maximum Gasteiger partial charge on any atom is 0.255 e. The van der Waals surface area contributed by atoms with E-state index in [1.165, 1.54) is 6.21 Å². The van der Waals surface area contributed by atoms with E-state index in [1.54, 1.807) is 38.1 Å². The number of rotatable bonds is 3. The maximum absolute atomic E-state index is 11.5. The van der Waals surface area contributed by atoms with Crippen LogP contribution >= 0.6 is 0 Å². The first-order valence-electron chi connectivity index (χ1n) is 5.72. The number of hydrazone groups is 1. The topological polar surface area (TPSA) is 90.4 Å². The quantitative estimate of drug-likeness (QED) is 0.575. The summed E-state index contributed by atoms with van der Waals surface area (Å²) in [6, 6.07) is 6.66. The van der Waals surface area contributed by atoms with E-state index in [9.17, 15) is 9.90 Å². The number of phenols is 1. The van der Waals surface area contributed by atoms with Gasteiger partial charge in [-0.1, -0.05) is 12.1 Å². The lowest BCUT2D eigenvalue weighted by Gasteiger charge is -2.02. The molecule has 2 rings (SSSR count). The predicted molar refractivity (Wildman–Crippen MR) is 73.7 cm³/mol. The molecule has 0 radical (unpaired) electrons. The molecule has 0 atom stereocenters. The fourth-order valence-electron chi connectivity index (χ4n) is 1.47. The van der Waals surface area contributed by atoms with Gasteiger partial charge in [0.05, 0.1) is 6.21 Å². The van der Waals surface area contributed by atoms with Crippen LogP contribution in [0.5, 0.6) is 5.75 Å². The smallest absolute Gasteiger partial charge is 0.255 e. The summed E-state index contributed by atoms with van der Waals surface area (Å²) in [6.45, 7) is 3.47. The Morgan fingerprint density at radius 3 is 2.89 bits per heavy atom. The summed E-state index contributed by atoms with van der Waals surface area (Å²) in [7, 11) is 0. The monoisotopic (exact) mass is 258 g/mol. The Kier molecular flexibility index (Phi) is 3.61. The first kappa shape index (κ1) is 12.8. The minimum atomic E-state index is -0.192. The van der Waals surface area contributed by atoms with Crippen LogP contribution in [0.15, 0.2) is 34.2 Å². The molecule has 0 aliphatic carbocycles. The molecule has 0 amide bonds. The highest BCUT2D eigenvalue weighted by atomic mass is 16.3. The summed E-state index contributed by atoms with van der Waals surface area (Å²) in [4.78, 5) is 18.2. The van der Waals surface area contributed by atoms with Crippen molar-refractivity contribution in [2.24, 2.45) is 5.10 Å². The fourth-order valence-corrected chi connectivity index (χ4v) is 1.47. The van der Waals surface area contributed by atoms with Crippen LogP contribution in [0, 0.1) is 13.8 Å². The van der Waals surface area contributed by atoms with Gasteiger partial charge in [-0.3, -0.25) is 9.78 Å². The van der Waals surface area contributed by atoms with Gasteiger partial charge in [-0.05, 0) is 31.5 Å². The standard InChI is InChI=1S/C13H14N4O2/c1-8-9(2)15-13(16-12(8)19)17-14-7-10-4-3-5-11(18)6-10/h3-7,18H,1-2H3,(H2,15,16,17,19)/b14-7-. The zero-order valence-electron chi connectivity index (χ0n) is 10.6. The lowest BCUT2D eigenvalue weighted by molar-refractivity contribution is 0.475. The summed E-state index contributed by atoms with van der Waals surface area (Å²) in [5.74, 6) is 0.450. The number of nitrogens with zero attached hydrogens (tertiary/aromatic N) is 2. The number of aromatic amines is 1. The van der Waals surface area contributed by atoms with Gasteiger partial charge in [0.2, 0.25) is 5.95 Å². The number of hydrogen-bond acceptors (Lipinski definition) is 5. The molecular formula is C13H14N4O2. The van der Waals surface area contributed by atoms with Crippen molar-refractivity contribution in [1.82, 2.24) is 9.97 Å². The summed E-state index contributed by atoms with van der Waals surface area (Å²) in [5.41, 5.74) is 4.42. The average Bonchev–Trinajstić information content (AvgIpc) is 2.36. The van der Waals surface area contributed by atoms with Crippen molar-refractivity contribution >= 4 is 12.2 Å². The molecule has 3 N–H and O–H groups in total. The van der Waals surface area contributed by atoms with Gasteiger partial charge in [0, 0.05) is 11.3 Å². The molecule has 0 saturated heterocycles. The number of anilines is 1. The molecular weight excluding hydrogens is 244 g/mol. The highest BCUT2D eigenvalue weighted by Gasteiger charge is 2.01. The van der Waals surface area contributed by atoms with E-state index in [0.717, 1.165) is 5.56 Å². The molecule has 19 heavy (non-hydrogen) atoms. The molecule has 1 heterocycles. The highest BCUT2D eigenvalue weighted by Crippen LogP contribution is 2.09. The molecule has 98 valence electrons. The number of aromatic nitrogens is 2. The first-order valence-corrected chi connectivity index (χ1v) is 5.72. The van der Waals surface area contributed by atoms with Crippen LogP contribution < -0.4 is 11.0 Å². The van der Waals surface area contributed by atoms with Gasteiger partial charge in [0.25, 0.3) is 5.56 Å². The third kappa shape index (κ3) is 3.19. The minimum absolute atomic E-state index is 0.168. The van der Waals surface area contributed by atoms with E-state index in [-0.39, 0.29) is 17.3 Å². The molecule has 0 spiro atoms. The second-order valence-electron chi connectivity index (χ2n) is 4.09. The van der Waals surface area contributed by atoms with E-state index < -0.39 is 0 Å². The second kappa shape index (κ2) is 5.34. The molecule has 2 aromatic rings. The lowest BCUT2D eigenvalue weighted by Crippen LogP contribution is -2.15.